The standard InChI is InChI=1S/C17H16F2N2O5S/c1-11(17(23)21-14-4-2-3-13(19)9-14)26-16(22)10-20-27(24,25)15-7-5-12(18)6-8-15/h2-9,11,20H,10H2,1H3,(H,21,23)/t11-/m1/s1. The molecule has 0 aromatic heterocycles. The van der Waals surface area contributed by atoms with Crippen LogP contribution in [0.3, 0.4) is 0 Å². The molecule has 0 fully saturated rings. The number of hydrogen-bond acceptors (Lipinski definition) is 5. The van der Waals surface area contributed by atoms with Gasteiger partial charge < -0.3 is 10.1 Å². The maximum absolute atomic E-state index is 13.1. The molecule has 1 amide bonds. The van der Waals surface area contributed by atoms with Crippen LogP contribution in [0.15, 0.2) is 53.4 Å². The molecule has 0 bridgehead atoms. The first-order chi connectivity index (χ1) is 12.7. The zero-order chi connectivity index (χ0) is 20.0. The Kier molecular flexibility index (Phi) is 6.59. The minimum atomic E-state index is -4.04. The number of esters is 1. The van der Waals surface area contributed by atoms with Crippen LogP contribution in [0, 0.1) is 11.6 Å². The third-order valence-corrected chi connectivity index (χ3v) is 4.72. The Morgan fingerprint density at radius 2 is 1.74 bits per heavy atom. The smallest absolute Gasteiger partial charge is 0.321 e. The first-order valence-electron chi connectivity index (χ1n) is 7.68. The van der Waals surface area contributed by atoms with Gasteiger partial charge in [0, 0.05) is 5.69 Å². The number of halogens is 2. The van der Waals surface area contributed by atoms with Crippen LogP contribution in [0.25, 0.3) is 0 Å². The quantitative estimate of drug-likeness (QED) is 0.693. The normalized spacial score (nSPS) is 12.3. The van der Waals surface area contributed by atoms with Crippen LogP contribution in [-0.2, 0) is 24.3 Å². The van der Waals surface area contributed by atoms with Crippen LogP contribution in [0.1, 0.15) is 6.92 Å². The number of ether oxygens (including phenoxy) is 1. The van der Waals surface area contributed by atoms with Gasteiger partial charge in [-0.3, -0.25) is 9.59 Å². The highest BCUT2D eigenvalue weighted by Crippen LogP contribution is 2.11. The summed E-state index contributed by atoms with van der Waals surface area (Å²) in [4.78, 5) is 23.4. The van der Waals surface area contributed by atoms with E-state index in [4.69, 9.17) is 4.74 Å². The third-order valence-electron chi connectivity index (χ3n) is 3.30. The molecule has 0 spiro atoms. The van der Waals surface area contributed by atoms with E-state index in [2.05, 4.69) is 5.32 Å². The average molecular weight is 398 g/mol. The molecule has 2 N–H and O–H groups in total. The zero-order valence-electron chi connectivity index (χ0n) is 14.1. The van der Waals surface area contributed by atoms with Gasteiger partial charge in [-0.25, -0.2) is 17.2 Å². The van der Waals surface area contributed by atoms with E-state index in [1.165, 1.54) is 25.1 Å². The number of sulfonamides is 1. The summed E-state index contributed by atoms with van der Waals surface area (Å²) >= 11 is 0. The highest BCUT2D eigenvalue weighted by molar-refractivity contribution is 7.89. The average Bonchev–Trinajstić information content (AvgIpc) is 2.60. The fourth-order valence-corrected chi connectivity index (χ4v) is 2.92. The molecule has 0 radical (unpaired) electrons. The van der Waals surface area contributed by atoms with Gasteiger partial charge in [-0.15, -0.1) is 0 Å². The van der Waals surface area contributed by atoms with E-state index in [0.717, 1.165) is 30.3 Å². The number of carbonyl (C=O) groups is 2. The summed E-state index contributed by atoms with van der Waals surface area (Å²) in [6, 6.07) is 9.14. The molecule has 0 aliphatic carbocycles. The van der Waals surface area contributed by atoms with Crippen LogP contribution >= 0.6 is 0 Å². The van der Waals surface area contributed by atoms with Crippen LogP contribution in [0.5, 0.6) is 0 Å². The lowest BCUT2D eigenvalue weighted by molar-refractivity contribution is -0.151. The second-order valence-corrected chi connectivity index (χ2v) is 7.18. The summed E-state index contributed by atoms with van der Waals surface area (Å²) in [5.74, 6) is -2.86. The Hall–Kier alpha value is -2.85. The summed E-state index contributed by atoms with van der Waals surface area (Å²) in [5.41, 5.74) is 0.180. The van der Waals surface area contributed by atoms with E-state index in [0.29, 0.717) is 0 Å². The number of anilines is 1. The fraction of sp³-hybridized carbons (Fsp3) is 0.176. The van der Waals surface area contributed by atoms with Gasteiger partial charge in [-0.2, -0.15) is 4.72 Å². The van der Waals surface area contributed by atoms with Crippen LogP contribution in [0.2, 0.25) is 0 Å². The molecule has 0 heterocycles. The number of amides is 1. The molecule has 27 heavy (non-hydrogen) atoms. The van der Waals surface area contributed by atoms with Crippen molar-refractivity contribution < 1.29 is 31.5 Å². The molecule has 0 saturated heterocycles. The predicted molar refractivity (Wildman–Crippen MR) is 92.2 cm³/mol. The van der Waals surface area contributed by atoms with E-state index in [1.807, 2.05) is 4.72 Å². The van der Waals surface area contributed by atoms with Gasteiger partial charge in [0.05, 0.1) is 4.90 Å². The monoisotopic (exact) mass is 398 g/mol. The third kappa shape index (κ3) is 6.12. The minimum Gasteiger partial charge on any atom is -0.452 e. The molecule has 10 heteroatoms. The van der Waals surface area contributed by atoms with Crippen molar-refractivity contribution in [1.29, 1.82) is 0 Å². The molecule has 0 saturated carbocycles. The summed E-state index contributed by atoms with van der Waals surface area (Å²) in [7, 11) is -4.04. The maximum atomic E-state index is 13.1. The van der Waals surface area contributed by atoms with Gasteiger partial charge >= 0.3 is 5.97 Å². The van der Waals surface area contributed by atoms with Gasteiger partial charge in [-0.1, -0.05) is 6.07 Å². The molecule has 7 nitrogen and oxygen atoms in total. The van der Waals surface area contributed by atoms with Gasteiger partial charge in [0.2, 0.25) is 10.0 Å². The Bertz CT molecular complexity index is 933. The highest BCUT2D eigenvalue weighted by Gasteiger charge is 2.20. The number of carbonyl (C=O) groups excluding carboxylic acids is 2. The van der Waals surface area contributed by atoms with Crippen molar-refractivity contribution in [1.82, 2.24) is 4.72 Å². The SMILES string of the molecule is C[C@@H](OC(=O)CNS(=O)(=O)c1ccc(F)cc1)C(=O)Nc1cccc(F)c1. The summed E-state index contributed by atoms with van der Waals surface area (Å²) in [6.07, 6.45) is -1.24. The van der Waals surface area contributed by atoms with Gasteiger partial charge in [0.15, 0.2) is 6.10 Å². The fourth-order valence-electron chi connectivity index (χ4n) is 1.95. The molecule has 0 aliphatic heterocycles. The Morgan fingerprint density at radius 3 is 2.37 bits per heavy atom. The van der Waals surface area contributed by atoms with Gasteiger partial charge in [0.1, 0.15) is 18.2 Å². The van der Waals surface area contributed by atoms with Crippen LogP contribution in [0.4, 0.5) is 14.5 Å². The van der Waals surface area contributed by atoms with Crippen molar-refractivity contribution in [2.24, 2.45) is 0 Å². The number of nitrogens with one attached hydrogen (secondary N) is 2. The van der Waals surface area contributed by atoms with Crippen molar-refractivity contribution in [3.63, 3.8) is 0 Å². The molecule has 2 aromatic rings. The molecule has 0 unspecified atom stereocenters. The topological polar surface area (TPSA) is 102 Å². The second kappa shape index (κ2) is 8.69. The molecular formula is C17H16F2N2O5S. The lowest BCUT2D eigenvalue weighted by Gasteiger charge is -2.14. The molecule has 2 rings (SSSR count). The number of hydrogen-bond donors (Lipinski definition) is 2. The maximum Gasteiger partial charge on any atom is 0.321 e. The highest BCUT2D eigenvalue weighted by atomic mass is 32.2. The molecular weight excluding hydrogens is 382 g/mol. The Morgan fingerprint density at radius 1 is 1.07 bits per heavy atom. The summed E-state index contributed by atoms with van der Waals surface area (Å²) < 4.78 is 56.7. The van der Waals surface area contributed by atoms with Gasteiger partial charge in [-0.05, 0) is 49.4 Å². The van der Waals surface area contributed by atoms with Crippen molar-refractivity contribution in [2.75, 3.05) is 11.9 Å². The van der Waals surface area contributed by atoms with E-state index in [1.54, 1.807) is 0 Å². The van der Waals surface area contributed by atoms with Crippen molar-refractivity contribution in [3.05, 3.63) is 60.2 Å². The van der Waals surface area contributed by atoms with Crippen molar-refractivity contribution in [3.8, 4) is 0 Å². The van der Waals surface area contributed by atoms with Gasteiger partial charge in [0.25, 0.3) is 5.91 Å². The minimum absolute atomic E-state index is 0.180. The second-order valence-electron chi connectivity index (χ2n) is 5.41. The van der Waals surface area contributed by atoms with E-state index < -0.39 is 46.2 Å². The summed E-state index contributed by atoms with van der Waals surface area (Å²) in [6.45, 7) is 0.554. The van der Waals surface area contributed by atoms with Crippen molar-refractivity contribution >= 4 is 27.6 Å². The molecule has 1 atom stereocenters. The van der Waals surface area contributed by atoms with E-state index >= 15 is 0 Å². The van der Waals surface area contributed by atoms with Crippen LogP contribution < -0.4 is 10.0 Å². The van der Waals surface area contributed by atoms with E-state index in [-0.39, 0.29) is 10.6 Å². The molecule has 0 aliphatic rings. The molecule has 144 valence electrons. The Balaban J connectivity index is 1.87. The number of rotatable bonds is 7. The zero-order valence-corrected chi connectivity index (χ0v) is 14.9. The predicted octanol–water partition coefficient (Wildman–Crippen LogP) is 1.81. The largest absolute Gasteiger partial charge is 0.452 e. The van der Waals surface area contributed by atoms with E-state index in [9.17, 15) is 26.8 Å². The lowest BCUT2D eigenvalue weighted by Crippen LogP contribution is -2.35. The summed E-state index contributed by atoms with van der Waals surface area (Å²) in [5, 5.41) is 2.36. The van der Waals surface area contributed by atoms with Crippen molar-refractivity contribution in [2.45, 2.75) is 17.9 Å². The number of benzene rings is 2. The first kappa shape index (κ1) is 20.5. The van der Waals surface area contributed by atoms with Crippen LogP contribution in [-0.4, -0.2) is 32.9 Å². The lowest BCUT2D eigenvalue weighted by atomic mass is 10.3. The first-order valence-corrected chi connectivity index (χ1v) is 9.17. The molecule has 2 aromatic carbocycles. The Labute approximate surface area is 154 Å².